The molecule has 134 valence electrons. The average Bonchev–Trinajstić information content (AvgIpc) is 2.54. The summed E-state index contributed by atoms with van der Waals surface area (Å²) in [6, 6.07) is 5.01. The van der Waals surface area contributed by atoms with Crippen molar-refractivity contribution in [3.05, 3.63) is 23.8 Å². The summed E-state index contributed by atoms with van der Waals surface area (Å²) in [5, 5.41) is 9.98. The third-order valence-electron chi connectivity index (χ3n) is 3.33. The van der Waals surface area contributed by atoms with Crippen molar-refractivity contribution in [3.63, 3.8) is 0 Å². The first-order chi connectivity index (χ1) is 11.6. The molecule has 6 heteroatoms. The number of ether oxygens (including phenoxy) is 3. The van der Waals surface area contributed by atoms with Gasteiger partial charge >= 0.3 is 11.9 Å². The molecule has 0 fully saturated rings. The molecule has 0 saturated heterocycles. The maximum absolute atomic E-state index is 11.5. The molecular weight excluding hydrogens is 312 g/mol. The van der Waals surface area contributed by atoms with Crippen LogP contribution in [0.3, 0.4) is 0 Å². The van der Waals surface area contributed by atoms with E-state index in [0.29, 0.717) is 56.8 Å². The van der Waals surface area contributed by atoms with Crippen LogP contribution in [0.25, 0.3) is 0 Å². The highest BCUT2D eigenvalue weighted by molar-refractivity contribution is 5.70. The fraction of sp³-hybridized carbons (Fsp3) is 0.556. The van der Waals surface area contributed by atoms with E-state index < -0.39 is 0 Å². The molecule has 0 amide bonds. The number of phenols is 1. The average molecular weight is 338 g/mol. The lowest BCUT2D eigenvalue weighted by molar-refractivity contribution is -0.144. The lowest BCUT2D eigenvalue weighted by atomic mass is 10.1. The first kappa shape index (κ1) is 19.8. The summed E-state index contributed by atoms with van der Waals surface area (Å²) in [7, 11) is 0. The Bertz CT molecular complexity index is 526. The molecule has 6 nitrogen and oxygen atoms in total. The summed E-state index contributed by atoms with van der Waals surface area (Å²) in [4.78, 5) is 22.7. The van der Waals surface area contributed by atoms with Crippen LogP contribution in [0.2, 0.25) is 0 Å². The van der Waals surface area contributed by atoms with Crippen molar-refractivity contribution in [2.75, 3.05) is 19.8 Å². The Morgan fingerprint density at radius 2 is 1.67 bits per heavy atom. The number of unbranched alkanes of at least 4 members (excludes halogenated alkanes) is 1. The molecule has 0 unspecified atom stereocenters. The molecule has 0 atom stereocenters. The molecular formula is C18H26O6. The maximum Gasteiger partial charge on any atom is 0.306 e. The van der Waals surface area contributed by atoms with Crippen molar-refractivity contribution in [3.8, 4) is 11.5 Å². The molecule has 0 radical (unpaired) electrons. The number of phenolic OH excluding ortho intramolecular Hbond substituents is 1. The molecule has 0 spiro atoms. The predicted molar refractivity (Wildman–Crippen MR) is 89.0 cm³/mol. The van der Waals surface area contributed by atoms with E-state index in [-0.39, 0.29) is 24.1 Å². The summed E-state index contributed by atoms with van der Waals surface area (Å²) in [6.45, 7) is 4.69. The van der Waals surface area contributed by atoms with Gasteiger partial charge in [-0.15, -0.1) is 0 Å². The first-order valence-electron chi connectivity index (χ1n) is 8.33. The van der Waals surface area contributed by atoms with Gasteiger partial charge in [0, 0.05) is 18.4 Å². The van der Waals surface area contributed by atoms with Crippen LogP contribution in [0.1, 0.15) is 45.1 Å². The second-order valence-electron chi connectivity index (χ2n) is 5.17. The number of carbonyl (C=O) groups is 2. The summed E-state index contributed by atoms with van der Waals surface area (Å²) >= 11 is 0. The van der Waals surface area contributed by atoms with Crippen LogP contribution in [-0.2, 0) is 25.5 Å². The summed E-state index contributed by atoms with van der Waals surface area (Å²) < 4.78 is 15.4. The number of esters is 2. The maximum atomic E-state index is 11.5. The van der Waals surface area contributed by atoms with E-state index in [9.17, 15) is 14.7 Å². The monoisotopic (exact) mass is 338 g/mol. The molecule has 0 aliphatic heterocycles. The predicted octanol–water partition coefficient (Wildman–Crippen LogP) is 3.00. The van der Waals surface area contributed by atoms with Crippen LogP contribution in [-0.4, -0.2) is 36.9 Å². The summed E-state index contributed by atoms with van der Waals surface area (Å²) in [6.07, 6.45) is 2.28. The van der Waals surface area contributed by atoms with Gasteiger partial charge in [0.2, 0.25) is 0 Å². The minimum atomic E-state index is -0.305. The quantitative estimate of drug-likeness (QED) is 0.493. The van der Waals surface area contributed by atoms with Gasteiger partial charge in [0.05, 0.1) is 19.8 Å². The molecule has 0 aromatic heterocycles. The van der Waals surface area contributed by atoms with Gasteiger partial charge in [-0.3, -0.25) is 9.59 Å². The van der Waals surface area contributed by atoms with E-state index in [4.69, 9.17) is 14.2 Å². The molecule has 0 aliphatic rings. The van der Waals surface area contributed by atoms with Gasteiger partial charge in [-0.25, -0.2) is 0 Å². The van der Waals surface area contributed by atoms with E-state index in [2.05, 4.69) is 0 Å². The van der Waals surface area contributed by atoms with Crippen LogP contribution < -0.4 is 4.74 Å². The Kier molecular flexibility index (Phi) is 9.34. The zero-order valence-electron chi connectivity index (χ0n) is 14.4. The lowest BCUT2D eigenvalue weighted by Gasteiger charge is -2.13. The number of rotatable bonds is 11. The Morgan fingerprint density at radius 1 is 1.00 bits per heavy atom. The molecule has 1 aromatic carbocycles. The molecule has 0 aliphatic carbocycles. The van der Waals surface area contributed by atoms with E-state index in [1.54, 1.807) is 32.0 Å². The van der Waals surface area contributed by atoms with E-state index in [1.165, 1.54) is 0 Å². The van der Waals surface area contributed by atoms with Gasteiger partial charge < -0.3 is 19.3 Å². The summed E-state index contributed by atoms with van der Waals surface area (Å²) in [5.41, 5.74) is 0.593. The minimum Gasteiger partial charge on any atom is -0.508 e. The number of hydrogen-bond acceptors (Lipinski definition) is 6. The smallest absolute Gasteiger partial charge is 0.306 e. The third kappa shape index (κ3) is 7.35. The van der Waals surface area contributed by atoms with Gasteiger partial charge in [0.1, 0.15) is 11.5 Å². The van der Waals surface area contributed by atoms with E-state index in [1.807, 2.05) is 0 Å². The van der Waals surface area contributed by atoms with Gasteiger partial charge in [-0.1, -0.05) is 6.07 Å². The Morgan fingerprint density at radius 3 is 2.33 bits per heavy atom. The van der Waals surface area contributed by atoms with Gasteiger partial charge in [-0.2, -0.15) is 0 Å². The molecule has 24 heavy (non-hydrogen) atoms. The van der Waals surface area contributed by atoms with Crippen molar-refractivity contribution < 1.29 is 28.9 Å². The molecule has 0 heterocycles. The normalized spacial score (nSPS) is 10.2. The number of carbonyl (C=O) groups excluding carboxylic acids is 2. The third-order valence-corrected chi connectivity index (χ3v) is 3.33. The molecule has 1 aromatic rings. The topological polar surface area (TPSA) is 82.1 Å². The zero-order chi connectivity index (χ0) is 17.8. The first-order valence-corrected chi connectivity index (χ1v) is 8.33. The van der Waals surface area contributed by atoms with Crippen molar-refractivity contribution in [1.29, 1.82) is 0 Å². The number of aromatic hydroxyl groups is 1. The van der Waals surface area contributed by atoms with Crippen LogP contribution in [0.5, 0.6) is 11.5 Å². The Hall–Kier alpha value is -2.24. The van der Waals surface area contributed by atoms with Crippen LogP contribution in [0.15, 0.2) is 18.2 Å². The summed E-state index contributed by atoms with van der Waals surface area (Å²) in [5.74, 6) is 0.143. The minimum absolute atomic E-state index is 0.100. The SMILES string of the molecule is CCOC(=O)CCCCOc1cccc(O)c1CCC(=O)OCC. The Balaban J connectivity index is 2.45. The zero-order valence-corrected chi connectivity index (χ0v) is 14.4. The van der Waals surface area contributed by atoms with Crippen molar-refractivity contribution >= 4 is 11.9 Å². The molecule has 1 rings (SSSR count). The molecule has 0 saturated carbocycles. The van der Waals surface area contributed by atoms with Crippen LogP contribution in [0, 0.1) is 0 Å². The van der Waals surface area contributed by atoms with Crippen LogP contribution in [0.4, 0.5) is 0 Å². The number of benzene rings is 1. The Labute approximate surface area is 142 Å². The highest BCUT2D eigenvalue weighted by Gasteiger charge is 2.12. The number of hydrogen-bond donors (Lipinski definition) is 1. The lowest BCUT2D eigenvalue weighted by Crippen LogP contribution is -2.07. The van der Waals surface area contributed by atoms with E-state index in [0.717, 1.165) is 0 Å². The van der Waals surface area contributed by atoms with E-state index >= 15 is 0 Å². The van der Waals surface area contributed by atoms with Gasteiger partial charge in [-0.05, 0) is 45.2 Å². The largest absolute Gasteiger partial charge is 0.508 e. The molecule has 1 N–H and O–H groups in total. The van der Waals surface area contributed by atoms with Crippen molar-refractivity contribution in [2.24, 2.45) is 0 Å². The van der Waals surface area contributed by atoms with Crippen molar-refractivity contribution in [1.82, 2.24) is 0 Å². The standard InChI is InChI=1S/C18H26O6/c1-3-22-17(20)10-5-6-13-24-16-9-7-8-15(19)14(16)11-12-18(21)23-4-2/h7-9,19H,3-6,10-13H2,1-2H3. The fourth-order valence-electron chi connectivity index (χ4n) is 2.19. The second kappa shape index (κ2) is 11.3. The molecule has 0 bridgehead atoms. The van der Waals surface area contributed by atoms with Gasteiger partial charge in [0.15, 0.2) is 0 Å². The highest BCUT2D eigenvalue weighted by atomic mass is 16.5. The van der Waals surface area contributed by atoms with Crippen LogP contribution >= 0.6 is 0 Å². The second-order valence-corrected chi connectivity index (χ2v) is 5.17. The van der Waals surface area contributed by atoms with Gasteiger partial charge in [0.25, 0.3) is 0 Å². The highest BCUT2D eigenvalue weighted by Crippen LogP contribution is 2.29. The van der Waals surface area contributed by atoms with Crippen molar-refractivity contribution in [2.45, 2.75) is 46.0 Å². The fourth-order valence-corrected chi connectivity index (χ4v) is 2.19.